The molecular formula is C12H16N3OS2+. The minimum Gasteiger partial charge on any atom is -0.347 e. The molecule has 1 atom stereocenters. The van der Waals surface area contributed by atoms with Crippen molar-refractivity contribution in [1.29, 1.82) is 0 Å². The van der Waals surface area contributed by atoms with Crippen LogP contribution in [0.2, 0.25) is 0 Å². The first-order chi connectivity index (χ1) is 8.43. The maximum absolute atomic E-state index is 10.2. The van der Waals surface area contributed by atoms with Crippen LogP contribution in [0.4, 0.5) is 0 Å². The third-order valence-electron chi connectivity index (χ3n) is 3.16. The molecule has 1 aliphatic rings. The van der Waals surface area contributed by atoms with Gasteiger partial charge in [0.05, 0.1) is 5.56 Å². The zero-order valence-corrected chi connectivity index (χ0v) is 12.2. The fraction of sp³-hybridized carbons (Fsp3) is 0.417. The standard InChI is InChI=1S/C12H16N3OS2/c1-12(2)10(18-11(17)14(12)3)15(16)8-9-5-4-6-13-7-9/h4-8,10,16H,1-3H3/q+1. The Hall–Kier alpha value is -1.14. The summed E-state index contributed by atoms with van der Waals surface area (Å²) in [5.41, 5.74) is 0.631. The quantitative estimate of drug-likeness (QED) is 0.295. The summed E-state index contributed by atoms with van der Waals surface area (Å²) in [5.74, 6) is 0. The molecule has 96 valence electrons. The van der Waals surface area contributed by atoms with Gasteiger partial charge in [-0.05, 0) is 42.5 Å². The lowest BCUT2D eigenvalue weighted by Crippen LogP contribution is -2.47. The van der Waals surface area contributed by atoms with E-state index in [4.69, 9.17) is 12.2 Å². The van der Waals surface area contributed by atoms with Crippen LogP contribution >= 0.6 is 24.0 Å². The van der Waals surface area contributed by atoms with Crippen molar-refractivity contribution in [2.45, 2.75) is 24.8 Å². The first-order valence-electron chi connectivity index (χ1n) is 5.59. The SMILES string of the molecule is CN1C(=S)SC([N+](O)=Cc2cccnc2)C1(C)C. The van der Waals surface area contributed by atoms with Gasteiger partial charge in [-0.3, -0.25) is 10.2 Å². The van der Waals surface area contributed by atoms with Crippen molar-refractivity contribution in [3.63, 3.8) is 0 Å². The molecule has 1 fully saturated rings. The van der Waals surface area contributed by atoms with Gasteiger partial charge in [-0.15, -0.1) is 0 Å². The lowest BCUT2D eigenvalue weighted by molar-refractivity contribution is -0.785. The molecule has 0 radical (unpaired) electrons. The van der Waals surface area contributed by atoms with Crippen LogP contribution in [-0.2, 0) is 0 Å². The topological polar surface area (TPSA) is 39.4 Å². The molecule has 0 aliphatic carbocycles. The molecule has 1 aliphatic heterocycles. The molecule has 0 amide bonds. The van der Waals surface area contributed by atoms with Gasteiger partial charge in [0.2, 0.25) is 6.21 Å². The summed E-state index contributed by atoms with van der Waals surface area (Å²) in [4.78, 5) is 6.03. The monoisotopic (exact) mass is 282 g/mol. The normalized spacial score (nSPS) is 23.5. The summed E-state index contributed by atoms with van der Waals surface area (Å²) < 4.78 is 2.01. The zero-order valence-electron chi connectivity index (χ0n) is 10.6. The first kappa shape index (κ1) is 13.3. The molecule has 2 rings (SSSR count). The van der Waals surface area contributed by atoms with Gasteiger partial charge >= 0.3 is 0 Å². The average molecular weight is 282 g/mol. The smallest absolute Gasteiger partial charge is 0.276 e. The lowest BCUT2D eigenvalue weighted by Gasteiger charge is -2.28. The molecule has 0 bridgehead atoms. The van der Waals surface area contributed by atoms with Crippen LogP contribution in [0.5, 0.6) is 0 Å². The fourth-order valence-corrected chi connectivity index (χ4v) is 3.48. The average Bonchev–Trinajstić information content (AvgIpc) is 2.54. The maximum atomic E-state index is 10.2. The largest absolute Gasteiger partial charge is 0.347 e. The van der Waals surface area contributed by atoms with Crippen LogP contribution in [0.1, 0.15) is 19.4 Å². The highest BCUT2D eigenvalue weighted by atomic mass is 32.2. The van der Waals surface area contributed by atoms with E-state index in [0.29, 0.717) is 0 Å². The number of hydroxylamine groups is 1. The summed E-state index contributed by atoms with van der Waals surface area (Å²) in [7, 11) is 1.95. The van der Waals surface area contributed by atoms with E-state index in [1.54, 1.807) is 18.6 Å². The van der Waals surface area contributed by atoms with Crippen molar-refractivity contribution in [2.24, 2.45) is 0 Å². The van der Waals surface area contributed by atoms with Crippen molar-refractivity contribution >= 4 is 34.5 Å². The highest BCUT2D eigenvalue weighted by molar-refractivity contribution is 8.23. The van der Waals surface area contributed by atoms with E-state index < -0.39 is 0 Å². The first-order valence-corrected chi connectivity index (χ1v) is 6.88. The Bertz CT molecular complexity index is 487. The predicted molar refractivity (Wildman–Crippen MR) is 77.3 cm³/mol. The maximum Gasteiger partial charge on any atom is 0.276 e. The molecule has 1 unspecified atom stereocenters. The number of pyridine rings is 1. The van der Waals surface area contributed by atoms with Crippen molar-refractivity contribution in [3.05, 3.63) is 30.1 Å². The van der Waals surface area contributed by atoms with E-state index >= 15 is 0 Å². The summed E-state index contributed by atoms with van der Waals surface area (Å²) in [6, 6.07) is 3.73. The molecule has 0 aromatic carbocycles. The molecule has 0 spiro atoms. The molecule has 4 nitrogen and oxygen atoms in total. The van der Waals surface area contributed by atoms with Gasteiger partial charge in [0, 0.05) is 19.4 Å². The lowest BCUT2D eigenvalue weighted by atomic mass is 10.0. The molecule has 1 aromatic heterocycles. The third-order valence-corrected chi connectivity index (χ3v) is 5.22. The molecule has 1 aromatic rings. The van der Waals surface area contributed by atoms with Gasteiger partial charge < -0.3 is 4.90 Å². The highest BCUT2D eigenvalue weighted by Gasteiger charge is 2.51. The Labute approximate surface area is 116 Å². The van der Waals surface area contributed by atoms with Crippen LogP contribution in [0.3, 0.4) is 0 Å². The minimum atomic E-state index is -0.227. The van der Waals surface area contributed by atoms with E-state index in [1.165, 1.54) is 16.5 Å². The summed E-state index contributed by atoms with van der Waals surface area (Å²) in [6.45, 7) is 4.12. The Morgan fingerprint density at radius 2 is 2.33 bits per heavy atom. The zero-order chi connectivity index (χ0) is 13.3. The van der Waals surface area contributed by atoms with Crippen LogP contribution in [-0.4, -0.2) is 48.3 Å². The van der Waals surface area contributed by atoms with E-state index in [9.17, 15) is 5.21 Å². The molecule has 1 N–H and O–H groups in total. The second-order valence-electron chi connectivity index (χ2n) is 4.74. The van der Waals surface area contributed by atoms with Crippen molar-refractivity contribution in [3.8, 4) is 0 Å². The number of thioether (sulfide) groups is 1. The predicted octanol–water partition coefficient (Wildman–Crippen LogP) is 1.97. The van der Waals surface area contributed by atoms with Crippen molar-refractivity contribution < 1.29 is 9.95 Å². The number of rotatable bonds is 2. The number of thiocarbonyl (C=S) groups is 1. The summed E-state index contributed by atoms with van der Waals surface area (Å²) in [6.07, 6.45) is 5.09. The van der Waals surface area contributed by atoms with E-state index in [0.717, 1.165) is 9.88 Å². The number of likely N-dealkylation sites (N-methyl/N-ethyl adjacent to an activating group) is 1. The van der Waals surface area contributed by atoms with Gasteiger partial charge in [0.1, 0.15) is 9.86 Å². The van der Waals surface area contributed by atoms with Crippen molar-refractivity contribution in [2.75, 3.05) is 7.05 Å². The van der Waals surface area contributed by atoms with E-state index in [-0.39, 0.29) is 10.9 Å². The molecule has 6 heteroatoms. The highest BCUT2D eigenvalue weighted by Crippen LogP contribution is 2.38. The van der Waals surface area contributed by atoms with Crippen LogP contribution in [0, 0.1) is 0 Å². The van der Waals surface area contributed by atoms with Crippen LogP contribution in [0.25, 0.3) is 0 Å². The molecule has 1 saturated heterocycles. The van der Waals surface area contributed by atoms with Crippen LogP contribution in [0.15, 0.2) is 24.5 Å². The second-order valence-corrected chi connectivity index (χ2v) is 6.46. The fourth-order valence-electron chi connectivity index (χ4n) is 1.77. The van der Waals surface area contributed by atoms with Crippen LogP contribution < -0.4 is 0 Å². The minimum absolute atomic E-state index is 0.129. The Morgan fingerprint density at radius 3 is 2.83 bits per heavy atom. The second kappa shape index (κ2) is 4.85. The van der Waals surface area contributed by atoms with Gasteiger partial charge in [0.15, 0.2) is 0 Å². The number of hydrogen-bond donors (Lipinski definition) is 1. The number of hydrogen-bond acceptors (Lipinski definition) is 4. The van der Waals surface area contributed by atoms with Gasteiger partial charge in [-0.2, -0.15) is 0 Å². The molecular weight excluding hydrogens is 266 g/mol. The van der Waals surface area contributed by atoms with E-state index in [2.05, 4.69) is 18.8 Å². The van der Waals surface area contributed by atoms with Gasteiger partial charge in [-0.25, -0.2) is 0 Å². The Kier molecular flexibility index (Phi) is 3.59. The molecule has 2 heterocycles. The van der Waals surface area contributed by atoms with E-state index in [1.807, 2.05) is 24.1 Å². The molecule has 0 saturated carbocycles. The van der Waals surface area contributed by atoms with Gasteiger partial charge in [0.25, 0.3) is 5.37 Å². The van der Waals surface area contributed by atoms with Gasteiger partial charge in [-0.1, -0.05) is 12.2 Å². The summed E-state index contributed by atoms with van der Waals surface area (Å²) >= 11 is 6.77. The van der Waals surface area contributed by atoms with Crippen molar-refractivity contribution in [1.82, 2.24) is 9.88 Å². The third kappa shape index (κ3) is 2.35. The number of aromatic nitrogens is 1. The summed E-state index contributed by atoms with van der Waals surface area (Å²) in [5, 5.41) is 10.1. The number of nitrogens with zero attached hydrogens (tertiary/aromatic N) is 3. The Balaban J connectivity index is 2.27. The Morgan fingerprint density at radius 1 is 1.61 bits per heavy atom. The molecule has 18 heavy (non-hydrogen) atoms.